The average Bonchev–Trinajstić information content (AvgIpc) is 3.26. The Balaban J connectivity index is 1.32. The van der Waals surface area contributed by atoms with Gasteiger partial charge in [0.05, 0.1) is 30.5 Å². The van der Waals surface area contributed by atoms with E-state index < -0.39 is 0 Å². The van der Waals surface area contributed by atoms with Crippen molar-refractivity contribution in [1.29, 1.82) is 0 Å². The first-order chi connectivity index (χ1) is 11.8. The van der Waals surface area contributed by atoms with Crippen molar-refractivity contribution in [1.82, 2.24) is 10.2 Å². The SMILES string of the molecule is O=C(OCCCc1ccc2c(c1)CCO2)c1cccc2cn[nH]c12. The zero-order chi connectivity index (χ0) is 16.4. The molecule has 0 radical (unpaired) electrons. The summed E-state index contributed by atoms with van der Waals surface area (Å²) in [7, 11) is 0. The van der Waals surface area contributed by atoms with Crippen LogP contribution in [0.25, 0.3) is 10.9 Å². The highest BCUT2D eigenvalue weighted by Crippen LogP contribution is 2.26. The van der Waals surface area contributed by atoms with Crippen LogP contribution in [-0.2, 0) is 17.6 Å². The van der Waals surface area contributed by atoms with Crippen LogP contribution < -0.4 is 4.74 Å². The Bertz CT molecular complexity index is 885. The Morgan fingerprint density at radius 1 is 1.29 bits per heavy atom. The molecule has 5 nitrogen and oxygen atoms in total. The van der Waals surface area contributed by atoms with E-state index in [-0.39, 0.29) is 5.97 Å². The van der Waals surface area contributed by atoms with Crippen LogP contribution >= 0.6 is 0 Å². The Morgan fingerprint density at radius 3 is 3.21 bits per heavy atom. The van der Waals surface area contributed by atoms with Crippen molar-refractivity contribution in [3.8, 4) is 5.75 Å². The van der Waals surface area contributed by atoms with Crippen LogP contribution in [0.3, 0.4) is 0 Å². The molecule has 2 heterocycles. The maximum atomic E-state index is 12.2. The number of fused-ring (bicyclic) bond motifs is 2. The summed E-state index contributed by atoms with van der Waals surface area (Å²) in [5.74, 6) is 0.685. The minimum absolute atomic E-state index is 0.313. The van der Waals surface area contributed by atoms with E-state index in [4.69, 9.17) is 9.47 Å². The second kappa shape index (κ2) is 6.35. The summed E-state index contributed by atoms with van der Waals surface area (Å²) in [5, 5.41) is 7.72. The van der Waals surface area contributed by atoms with E-state index in [9.17, 15) is 4.79 Å². The standard InChI is InChI=1S/C19H18N2O3/c22-19(16-5-1-4-15-12-20-21-18(15)16)24-9-2-3-13-6-7-17-14(11-13)8-10-23-17/h1,4-7,11-12H,2-3,8-10H2,(H,20,21). The molecule has 1 aromatic heterocycles. The summed E-state index contributed by atoms with van der Waals surface area (Å²) in [5.41, 5.74) is 3.78. The normalized spacial score (nSPS) is 12.8. The molecular formula is C19H18N2O3. The molecule has 1 N–H and O–H groups in total. The molecule has 1 aliphatic rings. The molecule has 3 aromatic rings. The third kappa shape index (κ3) is 2.85. The monoisotopic (exact) mass is 322 g/mol. The summed E-state index contributed by atoms with van der Waals surface area (Å²) in [6.07, 6.45) is 4.36. The molecule has 1 aliphatic heterocycles. The number of hydrogen-bond donors (Lipinski definition) is 1. The van der Waals surface area contributed by atoms with E-state index in [0.29, 0.717) is 12.2 Å². The number of ether oxygens (including phenoxy) is 2. The summed E-state index contributed by atoms with van der Waals surface area (Å²) >= 11 is 0. The van der Waals surface area contributed by atoms with E-state index in [1.165, 1.54) is 11.1 Å². The Labute approximate surface area is 139 Å². The number of aromatic nitrogens is 2. The molecule has 0 fully saturated rings. The highest BCUT2D eigenvalue weighted by Gasteiger charge is 2.13. The quantitative estimate of drug-likeness (QED) is 0.578. The predicted octanol–water partition coefficient (Wildman–Crippen LogP) is 3.29. The first-order valence-electron chi connectivity index (χ1n) is 8.15. The number of hydrogen-bond acceptors (Lipinski definition) is 4. The highest BCUT2D eigenvalue weighted by atomic mass is 16.5. The molecule has 122 valence electrons. The maximum Gasteiger partial charge on any atom is 0.340 e. The van der Waals surface area contributed by atoms with Gasteiger partial charge < -0.3 is 9.47 Å². The molecule has 5 heteroatoms. The first kappa shape index (κ1) is 14.8. The Kier molecular flexibility index (Phi) is 3.91. The van der Waals surface area contributed by atoms with Crippen molar-refractivity contribution >= 4 is 16.9 Å². The molecule has 0 bridgehead atoms. The first-order valence-corrected chi connectivity index (χ1v) is 8.15. The maximum absolute atomic E-state index is 12.2. The molecule has 0 spiro atoms. The van der Waals surface area contributed by atoms with Gasteiger partial charge in [0.2, 0.25) is 0 Å². The van der Waals surface area contributed by atoms with Crippen LogP contribution in [0.4, 0.5) is 0 Å². The Hall–Kier alpha value is -2.82. The largest absolute Gasteiger partial charge is 0.493 e. The molecule has 0 saturated heterocycles. The van der Waals surface area contributed by atoms with Gasteiger partial charge in [-0.15, -0.1) is 0 Å². The van der Waals surface area contributed by atoms with Crippen molar-refractivity contribution in [3.63, 3.8) is 0 Å². The van der Waals surface area contributed by atoms with E-state index in [1.54, 1.807) is 12.3 Å². The molecule has 2 aromatic carbocycles. The summed E-state index contributed by atoms with van der Waals surface area (Å²) in [6.45, 7) is 1.17. The number of esters is 1. The molecule has 24 heavy (non-hydrogen) atoms. The number of H-pyrrole nitrogens is 1. The van der Waals surface area contributed by atoms with Gasteiger partial charge in [-0.25, -0.2) is 4.79 Å². The number of aryl methyl sites for hydroxylation is 1. The van der Waals surface area contributed by atoms with Crippen molar-refractivity contribution in [2.75, 3.05) is 13.2 Å². The fourth-order valence-electron chi connectivity index (χ4n) is 3.05. The van der Waals surface area contributed by atoms with Crippen molar-refractivity contribution in [2.24, 2.45) is 0 Å². The van der Waals surface area contributed by atoms with Gasteiger partial charge >= 0.3 is 5.97 Å². The highest BCUT2D eigenvalue weighted by molar-refractivity contribution is 6.02. The van der Waals surface area contributed by atoms with Crippen LogP contribution in [0.15, 0.2) is 42.6 Å². The lowest BCUT2D eigenvalue weighted by Gasteiger charge is -2.07. The van der Waals surface area contributed by atoms with Crippen LogP contribution in [0.1, 0.15) is 27.9 Å². The molecular weight excluding hydrogens is 304 g/mol. The van der Waals surface area contributed by atoms with Gasteiger partial charge in [-0.3, -0.25) is 5.10 Å². The van der Waals surface area contributed by atoms with E-state index in [2.05, 4.69) is 22.3 Å². The van der Waals surface area contributed by atoms with E-state index in [0.717, 1.165) is 42.5 Å². The minimum atomic E-state index is -0.313. The van der Waals surface area contributed by atoms with Gasteiger partial charge in [-0.1, -0.05) is 24.3 Å². The van der Waals surface area contributed by atoms with Crippen molar-refractivity contribution < 1.29 is 14.3 Å². The lowest BCUT2D eigenvalue weighted by atomic mass is 10.1. The lowest BCUT2D eigenvalue weighted by molar-refractivity contribution is 0.0502. The number of rotatable bonds is 5. The number of nitrogens with one attached hydrogen (secondary N) is 1. The van der Waals surface area contributed by atoms with Crippen LogP contribution in [0, 0.1) is 0 Å². The topological polar surface area (TPSA) is 64.2 Å². The van der Waals surface area contributed by atoms with Gasteiger partial charge in [0.1, 0.15) is 5.75 Å². The van der Waals surface area contributed by atoms with E-state index >= 15 is 0 Å². The van der Waals surface area contributed by atoms with Gasteiger partial charge in [0.15, 0.2) is 0 Å². The van der Waals surface area contributed by atoms with Crippen molar-refractivity contribution in [2.45, 2.75) is 19.3 Å². The number of carbonyl (C=O) groups excluding carboxylic acids is 1. The average molecular weight is 322 g/mol. The summed E-state index contributed by atoms with van der Waals surface area (Å²) in [4.78, 5) is 12.2. The molecule has 0 aliphatic carbocycles. The number of carbonyl (C=O) groups is 1. The molecule has 0 amide bonds. The number of aromatic amines is 1. The molecule has 0 unspecified atom stereocenters. The second-order valence-corrected chi connectivity index (χ2v) is 5.92. The van der Waals surface area contributed by atoms with Crippen LogP contribution in [0.5, 0.6) is 5.75 Å². The third-order valence-corrected chi connectivity index (χ3v) is 4.29. The zero-order valence-corrected chi connectivity index (χ0v) is 13.2. The smallest absolute Gasteiger partial charge is 0.340 e. The number of para-hydroxylation sites is 1. The van der Waals surface area contributed by atoms with Crippen LogP contribution in [-0.4, -0.2) is 29.4 Å². The van der Waals surface area contributed by atoms with Gasteiger partial charge in [0.25, 0.3) is 0 Å². The van der Waals surface area contributed by atoms with Crippen LogP contribution in [0.2, 0.25) is 0 Å². The fraction of sp³-hybridized carbons (Fsp3) is 0.263. The van der Waals surface area contributed by atoms with Gasteiger partial charge in [0, 0.05) is 11.8 Å². The summed E-state index contributed by atoms with van der Waals surface area (Å²) < 4.78 is 10.9. The summed E-state index contributed by atoms with van der Waals surface area (Å²) in [6, 6.07) is 11.8. The van der Waals surface area contributed by atoms with E-state index in [1.807, 2.05) is 18.2 Å². The third-order valence-electron chi connectivity index (χ3n) is 4.29. The lowest BCUT2D eigenvalue weighted by Crippen LogP contribution is -2.08. The zero-order valence-electron chi connectivity index (χ0n) is 13.2. The molecule has 4 rings (SSSR count). The second-order valence-electron chi connectivity index (χ2n) is 5.92. The van der Waals surface area contributed by atoms with Gasteiger partial charge in [-0.05, 0) is 36.1 Å². The number of benzene rings is 2. The minimum Gasteiger partial charge on any atom is -0.493 e. The van der Waals surface area contributed by atoms with Crippen molar-refractivity contribution in [3.05, 3.63) is 59.3 Å². The Morgan fingerprint density at radius 2 is 2.25 bits per heavy atom. The molecule has 0 saturated carbocycles. The molecule has 0 atom stereocenters. The fourth-order valence-corrected chi connectivity index (χ4v) is 3.05. The number of nitrogens with zero attached hydrogens (tertiary/aromatic N) is 1. The predicted molar refractivity (Wildman–Crippen MR) is 90.3 cm³/mol. The van der Waals surface area contributed by atoms with Gasteiger partial charge in [-0.2, -0.15) is 5.10 Å².